The van der Waals surface area contributed by atoms with Crippen molar-refractivity contribution in [3.8, 4) is 0 Å². The number of hydrogen-bond acceptors (Lipinski definition) is 0. The van der Waals surface area contributed by atoms with Gasteiger partial charge < -0.3 is 4.48 Å². The minimum absolute atomic E-state index is 0.461. The largest absolute Gasteiger partial charge is 0.309 e. The van der Waals surface area contributed by atoms with Crippen LogP contribution in [0.4, 0.5) is 0 Å². The molecule has 0 radical (unpaired) electrons. The SMILES string of the molecule is ClC1CCC[N+]12CCCC2. The van der Waals surface area contributed by atoms with Crippen LogP contribution in [0.5, 0.6) is 0 Å². The molecule has 0 saturated carbocycles. The quantitative estimate of drug-likeness (QED) is 0.289. The van der Waals surface area contributed by atoms with Gasteiger partial charge >= 0.3 is 0 Å². The average Bonchev–Trinajstić information content (AvgIpc) is 2.48. The van der Waals surface area contributed by atoms with Gasteiger partial charge in [-0.25, -0.2) is 0 Å². The summed E-state index contributed by atoms with van der Waals surface area (Å²) in [4.78, 5) is 0. The van der Waals surface area contributed by atoms with Crippen molar-refractivity contribution in [1.82, 2.24) is 0 Å². The molecule has 1 atom stereocenters. The number of hydrogen-bond donors (Lipinski definition) is 0. The van der Waals surface area contributed by atoms with Gasteiger partial charge in [0.15, 0.2) is 5.50 Å². The normalized spacial score (nSPS) is 37.5. The molecule has 0 aromatic rings. The van der Waals surface area contributed by atoms with Crippen LogP contribution in [0.3, 0.4) is 0 Å². The summed E-state index contributed by atoms with van der Waals surface area (Å²) in [6, 6.07) is 0. The van der Waals surface area contributed by atoms with Gasteiger partial charge in [0.05, 0.1) is 19.6 Å². The summed E-state index contributed by atoms with van der Waals surface area (Å²) in [6.07, 6.45) is 5.42. The molecule has 1 spiro atoms. The maximum atomic E-state index is 6.25. The van der Waals surface area contributed by atoms with Crippen molar-refractivity contribution >= 4 is 11.6 Å². The summed E-state index contributed by atoms with van der Waals surface area (Å²) in [5, 5.41) is 0. The Morgan fingerprint density at radius 2 is 1.60 bits per heavy atom. The minimum Gasteiger partial charge on any atom is -0.309 e. The van der Waals surface area contributed by atoms with Gasteiger partial charge in [0.1, 0.15) is 0 Å². The van der Waals surface area contributed by atoms with E-state index in [1.807, 2.05) is 0 Å². The fourth-order valence-electron chi connectivity index (χ4n) is 2.46. The second-order valence-electron chi connectivity index (χ2n) is 3.67. The molecule has 2 aliphatic heterocycles. The Morgan fingerprint density at radius 1 is 1.00 bits per heavy atom. The molecule has 1 nitrogen and oxygen atoms in total. The lowest BCUT2D eigenvalue weighted by Gasteiger charge is -2.32. The number of quaternary nitrogens is 1. The maximum Gasteiger partial charge on any atom is 0.165 e. The second kappa shape index (κ2) is 2.38. The van der Waals surface area contributed by atoms with E-state index < -0.39 is 0 Å². The van der Waals surface area contributed by atoms with Gasteiger partial charge in [-0.2, -0.15) is 0 Å². The molecule has 2 saturated heterocycles. The van der Waals surface area contributed by atoms with Crippen LogP contribution in [0.25, 0.3) is 0 Å². The van der Waals surface area contributed by atoms with Gasteiger partial charge in [-0.3, -0.25) is 0 Å². The highest BCUT2D eigenvalue weighted by molar-refractivity contribution is 6.19. The van der Waals surface area contributed by atoms with Gasteiger partial charge in [-0.05, 0) is 0 Å². The van der Waals surface area contributed by atoms with E-state index >= 15 is 0 Å². The van der Waals surface area contributed by atoms with E-state index in [1.54, 1.807) is 0 Å². The molecule has 1 unspecified atom stereocenters. The van der Waals surface area contributed by atoms with Crippen LogP contribution in [-0.4, -0.2) is 29.6 Å². The highest BCUT2D eigenvalue weighted by atomic mass is 35.5. The molecule has 0 amide bonds. The molecule has 58 valence electrons. The fourth-order valence-corrected chi connectivity index (χ4v) is 2.90. The highest BCUT2D eigenvalue weighted by Crippen LogP contribution is 2.34. The van der Waals surface area contributed by atoms with Crippen molar-refractivity contribution < 1.29 is 4.48 Å². The first kappa shape index (κ1) is 6.93. The standard InChI is InChI=1S/C8H15ClN/c9-8-4-3-7-10(8)5-1-2-6-10/h8H,1-7H2/q+1. The molecular weight excluding hydrogens is 146 g/mol. The Kier molecular flexibility index (Phi) is 1.65. The maximum absolute atomic E-state index is 6.25. The van der Waals surface area contributed by atoms with E-state index in [1.165, 1.54) is 49.8 Å². The third-order valence-corrected chi connectivity index (χ3v) is 3.73. The van der Waals surface area contributed by atoms with Crippen molar-refractivity contribution in [3.63, 3.8) is 0 Å². The summed E-state index contributed by atoms with van der Waals surface area (Å²) >= 11 is 6.25. The molecule has 0 bridgehead atoms. The smallest absolute Gasteiger partial charge is 0.165 e. The summed E-state index contributed by atoms with van der Waals surface area (Å²) in [7, 11) is 0. The topological polar surface area (TPSA) is 0 Å². The van der Waals surface area contributed by atoms with Crippen LogP contribution in [0.2, 0.25) is 0 Å². The first-order valence-corrected chi connectivity index (χ1v) is 4.77. The van der Waals surface area contributed by atoms with Crippen molar-refractivity contribution in [3.05, 3.63) is 0 Å². The van der Waals surface area contributed by atoms with Crippen LogP contribution in [0, 0.1) is 0 Å². The first-order valence-electron chi connectivity index (χ1n) is 4.33. The third-order valence-electron chi connectivity index (χ3n) is 3.10. The molecule has 2 heteroatoms. The number of rotatable bonds is 0. The Hall–Kier alpha value is 0.250. The Labute approximate surface area is 67.6 Å². The minimum atomic E-state index is 0.461. The summed E-state index contributed by atoms with van der Waals surface area (Å²) < 4.78 is 1.25. The molecule has 2 fully saturated rings. The molecule has 2 heterocycles. The third kappa shape index (κ3) is 0.876. The molecule has 2 rings (SSSR count). The molecule has 0 N–H and O–H groups in total. The van der Waals surface area contributed by atoms with E-state index in [4.69, 9.17) is 11.6 Å². The Bertz CT molecular complexity index is 124. The van der Waals surface area contributed by atoms with Crippen LogP contribution in [0.15, 0.2) is 0 Å². The molecule has 10 heavy (non-hydrogen) atoms. The van der Waals surface area contributed by atoms with Crippen molar-refractivity contribution in [1.29, 1.82) is 0 Å². The summed E-state index contributed by atoms with van der Waals surface area (Å²) in [5.74, 6) is 0. The van der Waals surface area contributed by atoms with Crippen molar-refractivity contribution in [2.24, 2.45) is 0 Å². The summed E-state index contributed by atoms with van der Waals surface area (Å²) in [6.45, 7) is 4.07. The van der Waals surface area contributed by atoms with Gasteiger partial charge in [0.2, 0.25) is 0 Å². The molecule has 0 aromatic carbocycles. The van der Waals surface area contributed by atoms with E-state index in [9.17, 15) is 0 Å². The summed E-state index contributed by atoms with van der Waals surface area (Å²) in [5.41, 5.74) is 0.461. The lowest BCUT2D eigenvalue weighted by atomic mass is 10.4. The second-order valence-corrected chi connectivity index (χ2v) is 4.18. The van der Waals surface area contributed by atoms with Gasteiger partial charge in [0, 0.05) is 25.7 Å². The van der Waals surface area contributed by atoms with E-state index in [2.05, 4.69) is 0 Å². The van der Waals surface area contributed by atoms with E-state index in [-0.39, 0.29) is 0 Å². The molecule has 2 aliphatic rings. The van der Waals surface area contributed by atoms with Gasteiger partial charge in [-0.15, -0.1) is 0 Å². The lowest BCUT2D eigenvalue weighted by Crippen LogP contribution is -2.46. The zero-order chi connectivity index (χ0) is 7.03. The van der Waals surface area contributed by atoms with Gasteiger partial charge in [-0.1, -0.05) is 11.6 Å². The fraction of sp³-hybridized carbons (Fsp3) is 1.00. The zero-order valence-corrected chi connectivity index (χ0v) is 7.11. The van der Waals surface area contributed by atoms with Gasteiger partial charge in [0.25, 0.3) is 0 Å². The molecule has 0 aromatic heterocycles. The lowest BCUT2D eigenvalue weighted by molar-refractivity contribution is -0.916. The van der Waals surface area contributed by atoms with Crippen LogP contribution >= 0.6 is 11.6 Å². The Balaban J connectivity index is 2.11. The van der Waals surface area contributed by atoms with E-state index in [0.717, 1.165) is 0 Å². The first-order chi connectivity index (χ1) is 4.83. The van der Waals surface area contributed by atoms with Crippen LogP contribution in [0.1, 0.15) is 25.7 Å². The van der Waals surface area contributed by atoms with Crippen LogP contribution in [-0.2, 0) is 0 Å². The number of nitrogens with zero attached hydrogens (tertiary/aromatic N) is 1. The monoisotopic (exact) mass is 160 g/mol. The van der Waals surface area contributed by atoms with Crippen molar-refractivity contribution in [2.75, 3.05) is 19.6 Å². The number of halogens is 1. The highest BCUT2D eigenvalue weighted by Gasteiger charge is 2.42. The van der Waals surface area contributed by atoms with Crippen molar-refractivity contribution in [2.45, 2.75) is 31.2 Å². The molecular formula is C8H15ClN+. The molecule has 0 aliphatic carbocycles. The number of alkyl halides is 1. The van der Waals surface area contributed by atoms with Crippen LogP contribution < -0.4 is 0 Å². The zero-order valence-electron chi connectivity index (χ0n) is 6.35. The predicted molar refractivity (Wildman–Crippen MR) is 43.0 cm³/mol. The Morgan fingerprint density at radius 3 is 2.10 bits per heavy atom. The predicted octanol–water partition coefficient (Wildman–Crippen LogP) is 1.96. The van der Waals surface area contributed by atoms with E-state index in [0.29, 0.717) is 5.50 Å². The average molecular weight is 161 g/mol.